The Morgan fingerprint density at radius 2 is 2.10 bits per heavy atom. The summed E-state index contributed by atoms with van der Waals surface area (Å²) in [6.07, 6.45) is 2.66. The Morgan fingerprint density at radius 1 is 1.38 bits per heavy atom. The maximum atomic E-state index is 11.9. The van der Waals surface area contributed by atoms with E-state index in [1.165, 1.54) is 10.5 Å². The van der Waals surface area contributed by atoms with E-state index < -0.39 is 0 Å². The van der Waals surface area contributed by atoms with Gasteiger partial charge >= 0.3 is 0 Å². The fourth-order valence-electron chi connectivity index (χ4n) is 2.27. The Kier molecular flexibility index (Phi) is 4.43. The largest absolute Gasteiger partial charge is 0.343 e. The molecule has 0 saturated heterocycles. The lowest BCUT2D eigenvalue weighted by atomic mass is 10.0. The van der Waals surface area contributed by atoms with Crippen LogP contribution in [0.2, 0.25) is 0 Å². The van der Waals surface area contributed by atoms with Crippen LogP contribution in [0.25, 0.3) is 5.69 Å². The average Bonchev–Trinajstić information content (AvgIpc) is 2.86. The topological polar surface area (TPSA) is 64.2 Å². The predicted molar refractivity (Wildman–Crippen MR) is 83.7 cm³/mol. The van der Waals surface area contributed by atoms with Crippen molar-refractivity contribution in [2.24, 2.45) is 5.73 Å². The van der Waals surface area contributed by atoms with Gasteiger partial charge < -0.3 is 10.6 Å². The Labute approximate surface area is 125 Å². The molecule has 2 aromatic rings. The summed E-state index contributed by atoms with van der Waals surface area (Å²) in [5.41, 5.74) is 9.57. The lowest BCUT2D eigenvalue weighted by Crippen LogP contribution is -2.22. The van der Waals surface area contributed by atoms with E-state index >= 15 is 0 Å². The Morgan fingerprint density at radius 3 is 2.67 bits per heavy atom. The molecule has 0 bridgehead atoms. The second kappa shape index (κ2) is 6.10. The second-order valence-corrected chi connectivity index (χ2v) is 5.65. The van der Waals surface area contributed by atoms with Crippen molar-refractivity contribution in [3.05, 3.63) is 47.3 Å². The molecule has 1 aromatic heterocycles. The van der Waals surface area contributed by atoms with E-state index in [2.05, 4.69) is 17.2 Å². The number of carbonyl (C=O) groups is 1. The van der Waals surface area contributed by atoms with Crippen LogP contribution < -0.4 is 5.73 Å². The van der Waals surface area contributed by atoms with Gasteiger partial charge in [0.1, 0.15) is 0 Å². The molecule has 1 amide bonds. The quantitative estimate of drug-likeness (QED) is 0.931. The van der Waals surface area contributed by atoms with E-state index in [-0.39, 0.29) is 11.9 Å². The van der Waals surface area contributed by atoms with E-state index in [0.29, 0.717) is 5.69 Å². The van der Waals surface area contributed by atoms with E-state index in [1.807, 2.05) is 26.1 Å². The van der Waals surface area contributed by atoms with Crippen LogP contribution in [-0.4, -0.2) is 40.7 Å². The minimum atomic E-state index is -0.0972. The third-order valence-electron chi connectivity index (χ3n) is 3.28. The first-order chi connectivity index (χ1) is 9.88. The van der Waals surface area contributed by atoms with Gasteiger partial charge in [0.15, 0.2) is 5.69 Å². The van der Waals surface area contributed by atoms with Gasteiger partial charge in [0, 0.05) is 26.3 Å². The molecule has 1 heterocycles. The number of hydrogen-bond donors (Lipinski definition) is 1. The van der Waals surface area contributed by atoms with Gasteiger partial charge in [0.05, 0.1) is 5.69 Å². The number of hydrogen-bond acceptors (Lipinski definition) is 3. The molecule has 2 N–H and O–H groups in total. The van der Waals surface area contributed by atoms with Gasteiger partial charge in [-0.2, -0.15) is 5.10 Å². The van der Waals surface area contributed by atoms with Gasteiger partial charge in [-0.1, -0.05) is 12.1 Å². The molecule has 2 rings (SSSR count). The molecular weight excluding hydrogens is 264 g/mol. The van der Waals surface area contributed by atoms with Gasteiger partial charge in [0.25, 0.3) is 5.91 Å². The minimum absolute atomic E-state index is 0.0972. The molecule has 0 aliphatic carbocycles. The zero-order valence-corrected chi connectivity index (χ0v) is 13.0. The summed E-state index contributed by atoms with van der Waals surface area (Å²) >= 11 is 0. The molecule has 21 heavy (non-hydrogen) atoms. The molecule has 0 aliphatic rings. The first kappa shape index (κ1) is 15.3. The molecule has 0 saturated carbocycles. The highest BCUT2D eigenvalue weighted by Gasteiger charge is 2.13. The molecular formula is C16H22N4O. The van der Waals surface area contributed by atoms with Crippen LogP contribution in [0.5, 0.6) is 0 Å². The lowest BCUT2D eigenvalue weighted by molar-refractivity contribution is 0.0821. The first-order valence-corrected chi connectivity index (χ1v) is 7.01. The van der Waals surface area contributed by atoms with Crippen molar-refractivity contribution in [3.8, 4) is 5.69 Å². The summed E-state index contributed by atoms with van der Waals surface area (Å²) in [6, 6.07) is 8.07. The number of rotatable bonds is 4. The standard InChI is InChI=1S/C16H22N4O/c1-11-9-13(10-12(2)17)5-6-15(11)20-8-7-14(18-20)16(21)19(3)4/h5-9,12H,10,17H2,1-4H3. The average molecular weight is 286 g/mol. The predicted octanol–water partition coefficient (Wildman–Crippen LogP) is 1.77. The van der Waals surface area contributed by atoms with Crippen LogP contribution in [0.4, 0.5) is 0 Å². The number of carbonyl (C=O) groups excluding carboxylic acids is 1. The Balaban J connectivity index is 2.28. The normalized spacial score (nSPS) is 12.2. The third-order valence-corrected chi connectivity index (χ3v) is 3.28. The molecule has 112 valence electrons. The molecule has 5 nitrogen and oxygen atoms in total. The number of nitrogens with two attached hydrogens (primary N) is 1. The van der Waals surface area contributed by atoms with Crippen LogP contribution in [0, 0.1) is 6.92 Å². The highest BCUT2D eigenvalue weighted by Crippen LogP contribution is 2.17. The van der Waals surface area contributed by atoms with Crippen LogP contribution in [-0.2, 0) is 6.42 Å². The van der Waals surface area contributed by atoms with Gasteiger partial charge in [0.2, 0.25) is 0 Å². The summed E-state index contributed by atoms with van der Waals surface area (Å²) < 4.78 is 1.74. The fraction of sp³-hybridized carbons (Fsp3) is 0.375. The molecule has 1 unspecified atom stereocenters. The van der Waals surface area contributed by atoms with Crippen molar-refractivity contribution in [1.82, 2.24) is 14.7 Å². The second-order valence-electron chi connectivity index (χ2n) is 5.65. The smallest absolute Gasteiger partial charge is 0.273 e. The van der Waals surface area contributed by atoms with Gasteiger partial charge in [-0.3, -0.25) is 4.79 Å². The van der Waals surface area contributed by atoms with Crippen molar-refractivity contribution < 1.29 is 4.79 Å². The van der Waals surface area contributed by atoms with Crippen LogP contribution in [0.15, 0.2) is 30.5 Å². The minimum Gasteiger partial charge on any atom is -0.343 e. The molecule has 0 spiro atoms. The summed E-state index contributed by atoms with van der Waals surface area (Å²) in [6.45, 7) is 4.03. The maximum Gasteiger partial charge on any atom is 0.273 e. The zero-order chi connectivity index (χ0) is 15.6. The summed E-state index contributed by atoms with van der Waals surface area (Å²) in [5.74, 6) is -0.0972. The summed E-state index contributed by atoms with van der Waals surface area (Å²) in [7, 11) is 3.44. The number of aromatic nitrogens is 2. The van der Waals surface area contributed by atoms with Crippen molar-refractivity contribution in [2.75, 3.05) is 14.1 Å². The van der Waals surface area contributed by atoms with Crippen LogP contribution in [0.3, 0.4) is 0 Å². The lowest BCUT2D eigenvalue weighted by Gasteiger charge is -2.11. The number of amides is 1. The SMILES string of the molecule is Cc1cc(CC(C)N)ccc1-n1ccc(C(=O)N(C)C)n1. The van der Waals surface area contributed by atoms with E-state index in [4.69, 9.17) is 5.73 Å². The monoisotopic (exact) mass is 286 g/mol. The highest BCUT2D eigenvalue weighted by molar-refractivity contribution is 5.91. The van der Waals surface area contributed by atoms with Gasteiger partial charge in [-0.15, -0.1) is 0 Å². The van der Waals surface area contributed by atoms with Crippen molar-refractivity contribution >= 4 is 5.91 Å². The van der Waals surface area contributed by atoms with Crippen molar-refractivity contribution in [1.29, 1.82) is 0 Å². The number of benzene rings is 1. The number of nitrogens with zero attached hydrogens (tertiary/aromatic N) is 3. The maximum absolute atomic E-state index is 11.9. The molecule has 5 heteroatoms. The Hall–Kier alpha value is -2.14. The summed E-state index contributed by atoms with van der Waals surface area (Å²) in [5, 5.41) is 4.35. The van der Waals surface area contributed by atoms with Crippen LogP contribution >= 0.6 is 0 Å². The molecule has 1 atom stereocenters. The fourth-order valence-corrected chi connectivity index (χ4v) is 2.27. The molecule has 0 radical (unpaired) electrons. The Bertz CT molecular complexity index is 643. The van der Waals surface area contributed by atoms with E-state index in [0.717, 1.165) is 17.7 Å². The summed E-state index contributed by atoms with van der Waals surface area (Å²) in [4.78, 5) is 13.4. The van der Waals surface area contributed by atoms with Gasteiger partial charge in [-0.25, -0.2) is 4.68 Å². The third kappa shape index (κ3) is 3.49. The van der Waals surface area contributed by atoms with Gasteiger partial charge in [-0.05, 0) is 43.5 Å². The molecule has 0 aliphatic heterocycles. The number of aryl methyl sites for hydroxylation is 1. The van der Waals surface area contributed by atoms with Crippen molar-refractivity contribution in [2.45, 2.75) is 26.3 Å². The van der Waals surface area contributed by atoms with Crippen LogP contribution in [0.1, 0.15) is 28.5 Å². The molecule has 1 aromatic carbocycles. The van der Waals surface area contributed by atoms with E-state index in [9.17, 15) is 4.79 Å². The first-order valence-electron chi connectivity index (χ1n) is 7.01. The molecule has 0 fully saturated rings. The zero-order valence-electron chi connectivity index (χ0n) is 13.0. The highest BCUT2D eigenvalue weighted by atomic mass is 16.2. The van der Waals surface area contributed by atoms with Crippen molar-refractivity contribution in [3.63, 3.8) is 0 Å². The van der Waals surface area contributed by atoms with E-state index in [1.54, 1.807) is 24.8 Å².